The molecular formula is C11H21N3. The molecule has 1 rings (SSSR count). The van der Waals surface area contributed by atoms with Crippen LogP contribution < -0.4 is 10.6 Å². The van der Waals surface area contributed by atoms with Gasteiger partial charge >= 0.3 is 0 Å². The lowest BCUT2D eigenvalue weighted by atomic mass is 10.1. The molecule has 3 heteroatoms. The molecule has 80 valence electrons. The fourth-order valence-corrected chi connectivity index (χ4v) is 1.78. The second-order valence-corrected chi connectivity index (χ2v) is 4.42. The van der Waals surface area contributed by atoms with E-state index in [0.29, 0.717) is 12.1 Å². The second-order valence-electron chi connectivity index (χ2n) is 4.42. The molecule has 0 aromatic carbocycles. The van der Waals surface area contributed by atoms with Gasteiger partial charge in [-0.2, -0.15) is 0 Å². The van der Waals surface area contributed by atoms with Gasteiger partial charge in [0.2, 0.25) is 0 Å². The molecule has 0 radical (unpaired) electrons. The van der Waals surface area contributed by atoms with Gasteiger partial charge < -0.3 is 0 Å². The molecular weight excluding hydrogens is 174 g/mol. The number of aliphatic imine (C=N–C) groups is 1. The monoisotopic (exact) mass is 195 g/mol. The summed E-state index contributed by atoms with van der Waals surface area (Å²) in [6.07, 6.45) is 6.00. The zero-order valence-corrected chi connectivity index (χ0v) is 9.54. The van der Waals surface area contributed by atoms with Gasteiger partial charge in [-0.3, -0.25) is 15.6 Å². The SMILES string of the molecule is CC(C)NC1(NC(C)C)C=CC=NC1. The summed E-state index contributed by atoms with van der Waals surface area (Å²) in [5.41, 5.74) is -0.156. The van der Waals surface area contributed by atoms with Crippen molar-refractivity contribution >= 4 is 6.21 Å². The fraction of sp³-hybridized carbons (Fsp3) is 0.727. The van der Waals surface area contributed by atoms with Crippen LogP contribution in [0.3, 0.4) is 0 Å². The average Bonchev–Trinajstić information content (AvgIpc) is 2.01. The van der Waals surface area contributed by atoms with Crippen LogP contribution in [0.25, 0.3) is 0 Å². The number of dihydropyridines is 1. The molecule has 0 spiro atoms. The first-order valence-electron chi connectivity index (χ1n) is 5.27. The molecule has 0 bridgehead atoms. The van der Waals surface area contributed by atoms with E-state index in [0.717, 1.165) is 6.54 Å². The highest BCUT2D eigenvalue weighted by atomic mass is 15.2. The van der Waals surface area contributed by atoms with E-state index in [4.69, 9.17) is 0 Å². The van der Waals surface area contributed by atoms with Crippen LogP contribution in [0, 0.1) is 0 Å². The minimum atomic E-state index is -0.156. The third kappa shape index (κ3) is 3.24. The Morgan fingerprint density at radius 3 is 2.07 bits per heavy atom. The van der Waals surface area contributed by atoms with Crippen molar-refractivity contribution in [2.45, 2.75) is 45.4 Å². The molecule has 1 aliphatic rings. The van der Waals surface area contributed by atoms with Crippen molar-refractivity contribution < 1.29 is 0 Å². The van der Waals surface area contributed by atoms with Gasteiger partial charge in [-0.15, -0.1) is 0 Å². The average molecular weight is 195 g/mol. The van der Waals surface area contributed by atoms with Crippen LogP contribution in [0.2, 0.25) is 0 Å². The lowest BCUT2D eigenvalue weighted by molar-refractivity contribution is 0.285. The van der Waals surface area contributed by atoms with Crippen LogP contribution in [-0.2, 0) is 0 Å². The molecule has 1 heterocycles. The summed E-state index contributed by atoms with van der Waals surface area (Å²) >= 11 is 0. The van der Waals surface area contributed by atoms with Crippen LogP contribution in [0.15, 0.2) is 17.1 Å². The van der Waals surface area contributed by atoms with Gasteiger partial charge in [0.1, 0.15) is 5.66 Å². The van der Waals surface area contributed by atoms with Crippen LogP contribution in [-0.4, -0.2) is 30.5 Å². The number of hydrogen-bond donors (Lipinski definition) is 2. The van der Waals surface area contributed by atoms with Gasteiger partial charge in [-0.05, 0) is 39.8 Å². The molecule has 0 aromatic heterocycles. The fourth-order valence-electron chi connectivity index (χ4n) is 1.78. The van der Waals surface area contributed by atoms with Crippen LogP contribution >= 0.6 is 0 Å². The molecule has 14 heavy (non-hydrogen) atoms. The molecule has 1 aliphatic heterocycles. The second kappa shape index (κ2) is 4.71. The minimum Gasteiger partial charge on any atom is -0.292 e. The molecule has 0 unspecified atom stereocenters. The third-order valence-corrected chi connectivity index (χ3v) is 2.01. The molecule has 3 nitrogen and oxygen atoms in total. The summed E-state index contributed by atoms with van der Waals surface area (Å²) in [5.74, 6) is 0. The summed E-state index contributed by atoms with van der Waals surface area (Å²) in [5, 5.41) is 7.03. The Labute approximate surface area is 86.7 Å². The van der Waals surface area contributed by atoms with Crippen molar-refractivity contribution in [3.63, 3.8) is 0 Å². The molecule has 0 saturated carbocycles. The topological polar surface area (TPSA) is 36.4 Å². The normalized spacial score (nSPS) is 19.6. The van der Waals surface area contributed by atoms with E-state index < -0.39 is 0 Å². The van der Waals surface area contributed by atoms with Gasteiger partial charge in [0.05, 0.1) is 6.54 Å². The zero-order valence-electron chi connectivity index (χ0n) is 9.54. The van der Waals surface area contributed by atoms with Gasteiger partial charge in [-0.1, -0.05) is 0 Å². The first-order valence-corrected chi connectivity index (χ1v) is 5.27. The van der Waals surface area contributed by atoms with E-state index in [2.05, 4.69) is 49.4 Å². The number of nitrogens with zero attached hydrogens (tertiary/aromatic N) is 1. The Kier molecular flexibility index (Phi) is 3.84. The number of allylic oxidation sites excluding steroid dienone is 1. The lowest BCUT2D eigenvalue weighted by Crippen LogP contribution is -2.62. The van der Waals surface area contributed by atoms with E-state index in [1.54, 1.807) is 0 Å². The van der Waals surface area contributed by atoms with Crippen molar-refractivity contribution in [3.05, 3.63) is 12.2 Å². The highest BCUT2D eigenvalue weighted by Crippen LogP contribution is 2.09. The van der Waals surface area contributed by atoms with Crippen LogP contribution in [0.4, 0.5) is 0 Å². The molecule has 0 saturated heterocycles. The molecule has 0 amide bonds. The smallest absolute Gasteiger partial charge is 0.109 e. The van der Waals surface area contributed by atoms with Crippen molar-refractivity contribution in [2.75, 3.05) is 6.54 Å². The standard InChI is InChI=1S/C11H21N3/c1-9(2)13-11(14-10(3)4)6-5-7-12-8-11/h5-7,9-10,13-14H,8H2,1-4H3. The van der Waals surface area contributed by atoms with E-state index in [1.807, 2.05) is 12.3 Å². The van der Waals surface area contributed by atoms with Gasteiger partial charge in [0.15, 0.2) is 0 Å². The molecule has 0 aliphatic carbocycles. The van der Waals surface area contributed by atoms with Gasteiger partial charge in [0.25, 0.3) is 0 Å². The van der Waals surface area contributed by atoms with Crippen molar-refractivity contribution in [1.82, 2.24) is 10.6 Å². The summed E-state index contributed by atoms with van der Waals surface area (Å²) in [7, 11) is 0. The maximum atomic E-state index is 4.30. The van der Waals surface area contributed by atoms with E-state index in [1.165, 1.54) is 0 Å². The van der Waals surface area contributed by atoms with Crippen molar-refractivity contribution in [2.24, 2.45) is 4.99 Å². The highest BCUT2D eigenvalue weighted by Gasteiger charge is 2.28. The number of nitrogens with one attached hydrogen (secondary N) is 2. The minimum absolute atomic E-state index is 0.156. The molecule has 0 atom stereocenters. The van der Waals surface area contributed by atoms with E-state index in [9.17, 15) is 0 Å². The summed E-state index contributed by atoms with van der Waals surface area (Å²) in [4.78, 5) is 4.30. The molecule has 0 aromatic rings. The Morgan fingerprint density at radius 2 is 1.71 bits per heavy atom. The Morgan fingerprint density at radius 1 is 1.14 bits per heavy atom. The Balaban J connectivity index is 2.69. The van der Waals surface area contributed by atoms with E-state index in [-0.39, 0.29) is 5.66 Å². The van der Waals surface area contributed by atoms with Crippen molar-refractivity contribution in [1.29, 1.82) is 0 Å². The van der Waals surface area contributed by atoms with Crippen LogP contribution in [0.5, 0.6) is 0 Å². The maximum absolute atomic E-state index is 4.30. The largest absolute Gasteiger partial charge is 0.292 e. The third-order valence-electron chi connectivity index (χ3n) is 2.01. The van der Waals surface area contributed by atoms with Crippen molar-refractivity contribution in [3.8, 4) is 0 Å². The highest BCUT2D eigenvalue weighted by molar-refractivity contribution is 5.72. The maximum Gasteiger partial charge on any atom is 0.109 e. The Hall–Kier alpha value is -0.670. The molecule has 0 fully saturated rings. The van der Waals surface area contributed by atoms with Gasteiger partial charge in [-0.25, -0.2) is 0 Å². The quantitative estimate of drug-likeness (QED) is 0.664. The predicted molar refractivity (Wildman–Crippen MR) is 61.8 cm³/mol. The summed E-state index contributed by atoms with van der Waals surface area (Å²) < 4.78 is 0. The van der Waals surface area contributed by atoms with E-state index >= 15 is 0 Å². The summed E-state index contributed by atoms with van der Waals surface area (Å²) in [6, 6.07) is 0.887. The predicted octanol–water partition coefficient (Wildman–Crippen LogP) is 1.32. The zero-order chi connectivity index (χ0) is 10.6. The first-order chi connectivity index (χ1) is 6.54. The summed E-state index contributed by atoms with van der Waals surface area (Å²) in [6.45, 7) is 9.36. The number of hydrogen-bond acceptors (Lipinski definition) is 3. The lowest BCUT2D eigenvalue weighted by Gasteiger charge is -2.36. The molecule has 2 N–H and O–H groups in total. The number of rotatable bonds is 4. The Bertz CT molecular complexity index is 219. The van der Waals surface area contributed by atoms with Crippen LogP contribution in [0.1, 0.15) is 27.7 Å². The first kappa shape index (κ1) is 11.4. The van der Waals surface area contributed by atoms with Gasteiger partial charge in [0, 0.05) is 18.3 Å².